The van der Waals surface area contributed by atoms with E-state index >= 15 is 0 Å². The minimum atomic E-state index is -0.555. The van der Waals surface area contributed by atoms with Crippen LogP contribution in [0.5, 0.6) is 0 Å². The second-order valence-corrected chi connectivity index (χ2v) is 4.17. The molecule has 94 valence electrons. The van der Waals surface area contributed by atoms with Crippen molar-refractivity contribution >= 4 is 28.5 Å². The van der Waals surface area contributed by atoms with Gasteiger partial charge in [-0.2, -0.15) is 0 Å². The van der Waals surface area contributed by atoms with E-state index < -0.39 is 11.8 Å². The number of ether oxygens (including phenoxy) is 1. The predicted molar refractivity (Wildman–Crippen MR) is 67.4 cm³/mol. The summed E-state index contributed by atoms with van der Waals surface area (Å²) in [5.41, 5.74) is 1.07. The average molecular weight is 268 g/mol. The first-order valence-corrected chi connectivity index (χ1v) is 5.84. The molecule has 0 fully saturated rings. The summed E-state index contributed by atoms with van der Waals surface area (Å²) in [5.74, 6) is -1.02. The summed E-state index contributed by atoms with van der Waals surface area (Å²) in [7, 11) is 0. The molecule has 0 aliphatic carbocycles. The third kappa shape index (κ3) is 2.04. The number of benzene rings is 1. The zero-order chi connectivity index (χ0) is 13.3. The monoisotopic (exact) mass is 267 g/mol. The van der Waals surface area contributed by atoms with E-state index in [0.29, 0.717) is 5.39 Å². The smallest absolute Gasteiger partial charge is 0.341 e. The molecule has 0 bridgehead atoms. The number of aryl methyl sites for hydroxylation is 1. The number of pyridine rings is 1. The van der Waals surface area contributed by atoms with Crippen molar-refractivity contribution in [3.63, 3.8) is 0 Å². The SMILES string of the molecule is CCOC(=O)c1cnc2c(F)ccc(C)c2c1Cl. The van der Waals surface area contributed by atoms with Crippen LogP contribution in [0.25, 0.3) is 10.9 Å². The maximum atomic E-state index is 13.6. The molecule has 0 spiro atoms. The van der Waals surface area contributed by atoms with Crippen LogP contribution >= 0.6 is 11.6 Å². The lowest BCUT2D eigenvalue weighted by Gasteiger charge is -2.09. The van der Waals surface area contributed by atoms with Crippen molar-refractivity contribution in [1.82, 2.24) is 4.98 Å². The van der Waals surface area contributed by atoms with E-state index in [4.69, 9.17) is 16.3 Å². The number of nitrogens with zero attached hydrogens (tertiary/aromatic N) is 1. The molecule has 3 nitrogen and oxygen atoms in total. The Hall–Kier alpha value is -1.68. The van der Waals surface area contributed by atoms with Crippen LogP contribution in [0.15, 0.2) is 18.3 Å². The first-order valence-electron chi connectivity index (χ1n) is 5.46. The van der Waals surface area contributed by atoms with E-state index in [1.165, 1.54) is 12.3 Å². The Labute approximate surface area is 109 Å². The van der Waals surface area contributed by atoms with Crippen molar-refractivity contribution in [2.75, 3.05) is 6.61 Å². The van der Waals surface area contributed by atoms with Gasteiger partial charge < -0.3 is 4.74 Å². The summed E-state index contributed by atoms with van der Waals surface area (Å²) in [6, 6.07) is 2.92. The summed E-state index contributed by atoms with van der Waals surface area (Å²) >= 11 is 6.14. The van der Waals surface area contributed by atoms with Crippen LogP contribution in [0.3, 0.4) is 0 Å². The van der Waals surface area contributed by atoms with E-state index in [9.17, 15) is 9.18 Å². The average Bonchev–Trinajstić information content (AvgIpc) is 2.34. The molecule has 0 saturated heterocycles. The van der Waals surface area contributed by atoms with Crippen molar-refractivity contribution < 1.29 is 13.9 Å². The van der Waals surface area contributed by atoms with Crippen molar-refractivity contribution in [1.29, 1.82) is 0 Å². The molecular weight excluding hydrogens is 257 g/mol. The number of halogens is 2. The third-order valence-electron chi connectivity index (χ3n) is 2.61. The van der Waals surface area contributed by atoms with Gasteiger partial charge in [0.1, 0.15) is 11.3 Å². The Morgan fingerprint density at radius 2 is 2.22 bits per heavy atom. The van der Waals surface area contributed by atoms with Gasteiger partial charge in [0.05, 0.1) is 17.2 Å². The van der Waals surface area contributed by atoms with E-state index in [-0.39, 0.29) is 22.7 Å². The van der Waals surface area contributed by atoms with E-state index in [1.54, 1.807) is 19.9 Å². The minimum Gasteiger partial charge on any atom is -0.462 e. The summed E-state index contributed by atoms with van der Waals surface area (Å²) in [6.45, 7) is 3.73. The predicted octanol–water partition coefficient (Wildman–Crippen LogP) is 3.51. The zero-order valence-corrected chi connectivity index (χ0v) is 10.7. The van der Waals surface area contributed by atoms with Crippen LogP contribution in [-0.2, 0) is 4.74 Å². The quantitative estimate of drug-likeness (QED) is 0.782. The Morgan fingerprint density at radius 3 is 2.89 bits per heavy atom. The van der Waals surface area contributed by atoms with Gasteiger partial charge in [0.15, 0.2) is 0 Å². The summed E-state index contributed by atoms with van der Waals surface area (Å²) in [6.07, 6.45) is 1.24. The lowest BCUT2D eigenvalue weighted by atomic mass is 10.1. The normalized spacial score (nSPS) is 10.7. The molecule has 0 N–H and O–H groups in total. The van der Waals surface area contributed by atoms with Gasteiger partial charge in [0.2, 0.25) is 0 Å². The van der Waals surface area contributed by atoms with Crippen LogP contribution in [0.4, 0.5) is 4.39 Å². The maximum absolute atomic E-state index is 13.6. The fourth-order valence-corrected chi connectivity index (χ4v) is 2.11. The minimum absolute atomic E-state index is 0.153. The number of carbonyl (C=O) groups excluding carboxylic acids is 1. The second kappa shape index (κ2) is 4.90. The van der Waals surface area contributed by atoms with Gasteiger partial charge >= 0.3 is 5.97 Å². The van der Waals surface area contributed by atoms with Gasteiger partial charge in [-0.3, -0.25) is 4.98 Å². The summed E-state index contributed by atoms with van der Waals surface area (Å²) in [4.78, 5) is 15.6. The van der Waals surface area contributed by atoms with Gasteiger partial charge in [0.25, 0.3) is 0 Å². The molecular formula is C13H11ClFNO2. The molecule has 1 aromatic heterocycles. The van der Waals surface area contributed by atoms with E-state index in [1.807, 2.05) is 0 Å². The Balaban J connectivity index is 2.71. The van der Waals surface area contributed by atoms with E-state index in [2.05, 4.69) is 4.98 Å². The molecule has 2 rings (SSSR count). The molecule has 0 aliphatic rings. The van der Waals surface area contributed by atoms with Crippen molar-refractivity contribution in [3.8, 4) is 0 Å². The first-order chi connectivity index (χ1) is 8.56. The van der Waals surface area contributed by atoms with Gasteiger partial charge in [-0.1, -0.05) is 17.7 Å². The molecule has 0 radical (unpaired) electrons. The van der Waals surface area contributed by atoms with Crippen LogP contribution in [-0.4, -0.2) is 17.6 Å². The first kappa shape index (κ1) is 12.8. The molecule has 5 heteroatoms. The summed E-state index contributed by atoms with van der Waals surface area (Å²) in [5, 5.41) is 0.623. The molecule has 0 amide bonds. The Kier molecular flexibility index (Phi) is 3.48. The number of fused-ring (bicyclic) bond motifs is 1. The Bertz CT molecular complexity index is 628. The highest BCUT2D eigenvalue weighted by molar-refractivity contribution is 6.38. The standard InChI is InChI=1S/C13H11ClFNO2/c1-3-18-13(17)8-6-16-12-9(15)5-4-7(2)10(12)11(8)14/h4-6H,3H2,1-2H3. The van der Waals surface area contributed by atoms with Crippen LogP contribution in [0.2, 0.25) is 5.02 Å². The largest absolute Gasteiger partial charge is 0.462 e. The van der Waals surface area contributed by atoms with Gasteiger partial charge in [-0.05, 0) is 25.5 Å². The zero-order valence-electron chi connectivity index (χ0n) is 9.96. The van der Waals surface area contributed by atoms with E-state index in [0.717, 1.165) is 5.56 Å². The molecule has 18 heavy (non-hydrogen) atoms. The number of hydrogen-bond acceptors (Lipinski definition) is 3. The highest BCUT2D eigenvalue weighted by Crippen LogP contribution is 2.30. The number of hydrogen-bond donors (Lipinski definition) is 0. The molecule has 1 aromatic carbocycles. The molecule has 0 unspecified atom stereocenters. The lowest BCUT2D eigenvalue weighted by Crippen LogP contribution is -2.07. The third-order valence-corrected chi connectivity index (χ3v) is 3.00. The van der Waals surface area contributed by atoms with Gasteiger partial charge in [-0.15, -0.1) is 0 Å². The van der Waals surface area contributed by atoms with Crippen molar-refractivity contribution in [2.24, 2.45) is 0 Å². The second-order valence-electron chi connectivity index (χ2n) is 3.79. The van der Waals surface area contributed by atoms with Crippen LogP contribution in [0, 0.1) is 12.7 Å². The number of carbonyl (C=O) groups is 1. The van der Waals surface area contributed by atoms with Crippen LogP contribution in [0.1, 0.15) is 22.8 Å². The van der Waals surface area contributed by atoms with Gasteiger partial charge in [-0.25, -0.2) is 9.18 Å². The summed E-state index contributed by atoms with van der Waals surface area (Å²) < 4.78 is 18.5. The molecule has 2 aromatic rings. The van der Waals surface area contributed by atoms with Crippen molar-refractivity contribution in [3.05, 3.63) is 40.3 Å². The molecule has 0 atom stereocenters. The highest BCUT2D eigenvalue weighted by Gasteiger charge is 2.17. The highest BCUT2D eigenvalue weighted by atomic mass is 35.5. The number of rotatable bonds is 2. The fraction of sp³-hybridized carbons (Fsp3) is 0.231. The molecule has 0 saturated carbocycles. The maximum Gasteiger partial charge on any atom is 0.341 e. The van der Waals surface area contributed by atoms with Gasteiger partial charge in [0, 0.05) is 11.6 Å². The van der Waals surface area contributed by atoms with Crippen LogP contribution < -0.4 is 0 Å². The molecule has 0 aliphatic heterocycles. The number of aromatic nitrogens is 1. The topological polar surface area (TPSA) is 39.2 Å². The number of esters is 1. The molecule has 1 heterocycles. The fourth-order valence-electron chi connectivity index (χ4n) is 1.74. The lowest BCUT2D eigenvalue weighted by molar-refractivity contribution is 0.0526. The Morgan fingerprint density at radius 1 is 1.50 bits per heavy atom. The van der Waals surface area contributed by atoms with Crippen molar-refractivity contribution in [2.45, 2.75) is 13.8 Å².